The maximum atomic E-state index is 3.53. The van der Waals surface area contributed by atoms with Crippen molar-refractivity contribution in [1.29, 1.82) is 0 Å². The number of aromatic nitrogens is 1. The van der Waals surface area contributed by atoms with Gasteiger partial charge in [-0.25, -0.2) is 0 Å². The summed E-state index contributed by atoms with van der Waals surface area (Å²) in [4.78, 5) is 3.53. The highest BCUT2D eigenvalue weighted by Crippen LogP contribution is 2.30. The molecule has 0 aliphatic rings. The van der Waals surface area contributed by atoms with Gasteiger partial charge in [0.2, 0.25) is 0 Å². The zero-order valence-corrected chi connectivity index (χ0v) is 9.89. The fraction of sp³-hybridized carbons (Fsp3) is 0.200. The Morgan fingerprint density at radius 3 is 2.56 bits per heavy atom. The third-order valence-electron chi connectivity index (χ3n) is 3.28. The van der Waals surface area contributed by atoms with Crippen LogP contribution >= 0.6 is 0 Å². The van der Waals surface area contributed by atoms with Crippen LogP contribution in [-0.2, 0) is 0 Å². The first-order valence-electron chi connectivity index (χ1n) is 5.65. The normalized spacial score (nSPS) is 11.4. The first-order chi connectivity index (χ1) is 7.66. The van der Waals surface area contributed by atoms with Gasteiger partial charge in [0.25, 0.3) is 0 Å². The Morgan fingerprint density at radius 2 is 1.75 bits per heavy atom. The van der Waals surface area contributed by atoms with Crippen molar-refractivity contribution in [3.63, 3.8) is 0 Å². The lowest BCUT2D eigenvalue weighted by molar-refractivity contribution is 1.41. The molecule has 1 nitrogen and oxygen atoms in total. The molecule has 0 radical (unpaired) electrons. The minimum Gasteiger partial charge on any atom is -0.354 e. The monoisotopic (exact) mass is 209 g/mol. The molecule has 1 aromatic heterocycles. The average molecular weight is 209 g/mol. The fourth-order valence-electron chi connectivity index (χ4n) is 2.60. The summed E-state index contributed by atoms with van der Waals surface area (Å²) < 4.78 is 0. The highest BCUT2D eigenvalue weighted by molar-refractivity contribution is 6.09. The number of benzene rings is 2. The molecule has 0 saturated heterocycles. The van der Waals surface area contributed by atoms with Crippen LogP contribution in [0.25, 0.3) is 21.8 Å². The van der Waals surface area contributed by atoms with Gasteiger partial charge in [-0.05, 0) is 43.5 Å². The van der Waals surface area contributed by atoms with Crippen LogP contribution in [0.5, 0.6) is 0 Å². The van der Waals surface area contributed by atoms with E-state index < -0.39 is 0 Å². The lowest BCUT2D eigenvalue weighted by Gasteiger charge is -1.99. The summed E-state index contributed by atoms with van der Waals surface area (Å²) in [6, 6.07) is 11.0. The predicted octanol–water partition coefficient (Wildman–Crippen LogP) is 4.25. The van der Waals surface area contributed by atoms with E-state index in [1.165, 1.54) is 38.5 Å². The molecule has 0 amide bonds. The SMILES string of the molecule is Cc1cc(C)c2c(c1)[nH]c1c(C)cccc12. The summed E-state index contributed by atoms with van der Waals surface area (Å²) in [6.07, 6.45) is 0. The topological polar surface area (TPSA) is 15.8 Å². The standard InChI is InChI=1S/C15H15N/c1-9-7-11(3)14-12-6-4-5-10(2)15(12)16-13(14)8-9/h4-8,16H,1-3H3. The molecule has 0 aliphatic carbocycles. The minimum absolute atomic E-state index is 1.25. The predicted molar refractivity (Wildman–Crippen MR) is 70.0 cm³/mol. The van der Waals surface area contributed by atoms with Crippen molar-refractivity contribution in [2.45, 2.75) is 20.8 Å². The molecule has 0 atom stereocenters. The van der Waals surface area contributed by atoms with Crippen LogP contribution in [0.3, 0.4) is 0 Å². The van der Waals surface area contributed by atoms with E-state index in [2.05, 4.69) is 56.1 Å². The number of hydrogen-bond donors (Lipinski definition) is 1. The average Bonchev–Trinajstić information content (AvgIpc) is 2.57. The maximum Gasteiger partial charge on any atom is 0.0494 e. The number of hydrogen-bond acceptors (Lipinski definition) is 0. The van der Waals surface area contributed by atoms with Crippen molar-refractivity contribution in [2.24, 2.45) is 0 Å². The Morgan fingerprint density at radius 1 is 0.938 bits per heavy atom. The van der Waals surface area contributed by atoms with E-state index in [4.69, 9.17) is 0 Å². The van der Waals surface area contributed by atoms with Crippen molar-refractivity contribution < 1.29 is 0 Å². The van der Waals surface area contributed by atoms with Gasteiger partial charge in [0.15, 0.2) is 0 Å². The van der Waals surface area contributed by atoms with E-state index in [9.17, 15) is 0 Å². The van der Waals surface area contributed by atoms with Gasteiger partial charge in [0, 0.05) is 21.8 Å². The molecule has 0 spiro atoms. The van der Waals surface area contributed by atoms with Gasteiger partial charge in [0.05, 0.1) is 0 Å². The molecule has 3 aromatic rings. The van der Waals surface area contributed by atoms with Crippen molar-refractivity contribution in [3.05, 3.63) is 47.0 Å². The second-order valence-electron chi connectivity index (χ2n) is 4.63. The second kappa shape index (κ2) is 3.11. The van der Waals surface area contributed by atoms with Gasteiger partial charge >= 0.3 is 0 Å². The summed E-state index contributed by atoms with van der Waals surface area (Å²) in [5, 5.41) is 2.71. The van der Waals surface area contributed by atoms with Gasteiger partial charge in [-0.1, -0.05) is 24.3 Å². The van der Waals surface area contributed by atoms with Gasteiger partial charge in [-0.2, -0.15) is 0 Å². The van der Waals surface area contributed by atoms with Crippen LogP contribution in [0, 0.1) is 20.8 Å². The van der Waals surface area contributed by atoms with Crippen molar-refractivity contribution >= 4 is 21.8 Å². The highest BCUT2D eigenvalue weighted by atomic mass is 14.7. The molecule has 1 heterocycles. The smallest absolute Gasteiger partial charge is 0.0494 e. The summed E-state index contributed by atoms with van der Waals surface area (Å²) in [5.41, 5.74) is 6.50. The van der Waals surface area contributed by atoms with Crippen LogP contribution in [0.4, 0.5) is 0 Å². The summed E-state index contributed by atoms with van der Waals surface area (Å²) in [5.74, 6) is 0. The van der Waals surface area contributed by atoms with Crippen LogP contribution in [-0.4, -0.2) is 4.98 Å². The van der Waals surface area contributed by atoms with E-state index in [-0.39, 0.29) is 0 Å². The molecule has 0 fully saturated rings. The number of aryl methyl sites for hydroxylation is 3. The van der Waals surface area contributed by atoms with Crippen LogP contribution in [0.15, 0.2) is 30.3 Å². The number of para-hydroxylation sites is 1. The summed E-state index contributed by atoms with van der Waals surface area (Å²) >= 11 is 0. The molecule has 2 aromatic carbocycles. The van der Waals surface area contributed by atoms with E-state index in [1.54, 1.807) is 0 Å². The largest absolute Gasteiger partial charge is 0.354 e. The molecule has 0 aliphatic heterocycles. The third kappa shape index (κ3) is 1.18. The molecular weight excluding hydrogens is 194 g/mol. The Labute approximate surface area is 95.1 Å². The molecular formula is C15H15N. The van der Waals surface area contributed by atoms with Gasteiger partial charge in [-0.3, -0.25) is 0 Å². The molecule has 0 saturated carbocycles. The quantitative estimate of drug-likeness (QED) is 0.569. The molecule has 0 unspecified atom stereocenters. The highest BCUT2D eigenvalue weighted by Gasteiger charge is 2.08. The number of fused-ring (bicyclic) bond motifs is 3. The molecule has 16 heavy (non-hydrogen) atoms. The number of H-pyrrole nitrogens is 1. The summed E-state index contributed by atoms with van der Waals surface area (Å²) in [6.45, 7) is 6.48. The van der Waals surface area contributed by atoms with E-state index in [0.717, 1.165) is 0 Å². The molecule has 1 N–H and O–H groups in total. The second-order valence-corrected chi connectivity index (χ2v) is 4.63. The minimum atomic E-state index is 1.25. The third-order valence-corrected chi connectivity index (χ3v) is 3.28. The van der Waals surface area contributed by atoms with Crippen LogP contribution in [0.1, 0.15) is 16.7 Å². The van der Waals surface area contributed by atoms with E-state index in [1.807, 2.05) is 0 Å². The Hall–Kier alpha value is -1.76. The van der Waals surface area contributed by atoms with Crippen LogP contribution < -0.4 is 0 Å². The van der Waals surface area contributed by atoms with Crippen molar-refractivity contribution in [2.75, 3.05) is 0 Å². The number of aromatic amines is 1. The first kappa shape index (κ1) is 9.46. The van der Waals surface area contributed by atoms with Gasteiger partial charge in [-0.15, -0.1) is 0 Å². The Balaban J connectivity index is 2.61. The molecule has 1 heteroatoms. The van der Waals surface area contributed by atoms with Gasteiger partial charge < -0.3 is 4.98 Å². The van der Waals surface area contributed by atoms with Gasteiger partial charge in [0.1, 0.15) is 0 Å². The lowest BCUT2D eigenvalue weighted by atomic mass is 10.0. The zero-order valence-electron chi connectivity index (χ0n) is 9.89. The van der Waals surface area contributed by atoms with E-state index in [0.29, 0.717) is 0 Å². The van der Waals surface area contributed by atoms with Crippen LogP contribution in [0.2, 0.25) is 0 Å². The molecule has 80 valence electrons. The fourth-order valence-corrected chi connectivity index (χ4v) is 2.60. The molecule has 0 bridgehead atoms. The van der Waals surface area contributed by atoms with Crippen molar-refractivity contribution in [3.8, 4) is 0 Å². The maximum absolute atomic E-state index is 3.53. The number of nitrogens with one attached hydrogen (secondary N) is 1. The zero-order chi connectivity index (χ0) is 11.3. The molecule has 3 rings (SSSR count). The number of rotatable bonds is 0. The Bertz CT molecular complexity index is 689. The summed E-state index contributed by atoms with van der Waals surface area (Å²) in [7, 11) is 0. The van der Waals surface area contributed by atoms with E-state index >= 15 is 0 Å². The van der Waals surface area contributed by atoms with Crippen molar-refractivity contribution in [1.82, 2.24) is 4.98 Å². The first-order valence-corrected chi connectivity index (χ1v) is 5.65. The Kier molecular flexibility index (Phi) is 1.84. The lowest BCUT2D eigenvalue weighted by Crippen LogP contribution is -1.78.